The molecule has 3 nitrogen and oxygen atoms in total. The Bertz CT molecular complexity index is 800. The number of hydrogen-bond acceptors (Lipinski definition) is 3. The summed E-state index contributed by atoms with van der Waals surface area (Å²) >= 11 is 0. The van der Waals surface area contributed by atoms with Crippen molar-refractivity contribution in [3.8, 4) is 5.75 Å². The maximum Gasteiger partial charge on any atom is 0.198 e. The lowest BCUT2D eigenvalue weighted by Gasteiger charge is -2.53. The standard InChI is InChI=1S/C27H41NO2.ClH/c1-20(28)29-21(2)30-24-17-13-12-16-23(24)26(5,6)27(7,8)25(3,4)19-18-22-14-10-9-11-15-22;/h9-17,20-21H,18-19,28H2,1-8H3;1H. The van der Waals surface area contributed by atoms with Gasteiger partial charge in [0.25, 0.3) is 0 Å². The number of rotatable bonds is 10. The molecule has 4 heteroatoms. The quantitative estimate of drug-likeness (QED) is 0.394. The maximum atomic E-state index is 6.18. The van der Waals surface area contributed by atoms with Crippen LogP contribution >= 0.6 is 12.4 Å². The normalized spacial score (nSPS) is 14.5. The largest absolute Gasteiger partial charge is 0.465 e. The molecule has 0 heterocycles. The zero-order valence-electron chi connectivity index (χ0n) is 20.6. The van der Waals surface area contributed by atoms with Gasteiger partial charge in [-0.3, -0.25) is 0 Å². The number of hydrogen-bond donors (Lipinski definition) is 1. The first-order valence-electron chi connectivity index (χ1n) is 11.1. The van der Waals surface area contributed by atoms with Crippen LogP contribution in [0.2, 0.25) is 0 Å². The Labute approximate surface area is 196 Å². The van der Waals surface area contributed by atoms with Gasteiger partial charge in [0.2, 0.25) is 0 Å². The first kappa shape index (κ1) is 27.5. The minimum Gasteiger partial charge on any atom is -0.465 e. The summed E-state index contributed by atoms with van der Waals surface area (Å²) in [5, 5.41) is 0. The molecular weight excluding hydrogens is 406 g/mol. The molecule has 0 bridgehead atoms. The molecule has 2 aromatic rings. The van der Waals surface area contributed by atoms with Gasteiger partial charge in [0.1, 0.15) is 12.0 Å². The fourth-order valence-corrected chi connectivity index (χ4v) is 4.19. The molecule has 2 unspecified atom stereocenters. The number of halogens is 1. The lowest BCUT2D eigenvalue weighted by molar-refractivity contribution is -0.100. The molecule has 0 fully saturated rings. The second-order valence-corrected chi connectivity index (χ2v) is 10.1. The van der Waals surface area contributed by atoms with Crippen LogP contribution in [-0.2, 0) is 16.6 Å². The highest BCUT2D eigenvalue weighted by Gasteiger charge is 2.49. The maximum absolute atomic E-state index is 6.18. The Morgan fingerprint density at radius 2 is 1.39 bits per heavy atom. The van der Waals surface area contributed by atoms with Gasteiger partial charge in [-0.15, -0.1) is 12.4 Å². The molecule has 2 aromatic carbocycles. The Morgan fingerprint density at radius 3 is 1.97 bits per heavy atom. The number of para-hydroxylation sites is 1. The minimum absolute atomic E-state index is 0. The van der Waals surface area contributed by atoms with Gasteiger partial charge in [-0.2, -0.15) is 0 Å². The Kier molecular flexibility index (Phi) is 9.62. The van der Waals surface area contributed by atoms with Crippen LogP contribution in [0.5, 0.6) is 5.75 Å². The molecule has 2 rings (SSSR count). The molecule has 0 saturated heterocycles. The fourth-order valence-electron chi connectivity index (χ4n) is 4.19. The summed E-state index contributed by atoms with van der Waals surface area (Å²) < 4.78 is 11.8. The molecule has 0 radical (unpaired) electrons. The molecule has 2 N–H and O–H groups in total. The van der Waals surface area contributed by atoms with Crippen LogP contribution in [0, 0.1) is 10.8 Å². The van der Waals surface area contributed by atoms with Crippen molar-refractivity contribution >= 4 is 12.4 Å². The van der Waals surface area contributed by atoms with Gasteiger partial charge in [0.15, 0.2) is 6.29 Å². The third-order valence-electron chi connectivity index (χ3n) is 7.40. The summed E-state index contributed by atoms with van der Waals surface area (Å²) in [7, 11) is 0. The van der Waals surface area contributed by atoms with E-state index in [1.165, 1.54) is 11.1 Å². The zero-order chi connectivity index (χ0) is 22.6. The smallest absolute Gasteiger partial charge is 0.198 e. The summed E-state index contributed by atoms with van der Waals surface area (Å²) in [4.78, 5) is 0. The summed E-state index contributed by atoms with van der Waals surface area (Å²) in [6.45, 7) is 17.9. The molecule has 2 atom stereocenters. The minimum atomic E-state index is -0.406. The second-order valence-electron chi connectivity index (χ2n) is 10.1. The van der Waals surface area contributed by atoms with E-state index >= 15 is 0 Å². The van der Waals surface area contributed by atoms with Gasteiger partial charge in [0, 0.05) is 5.56 Å². The third kappa shape index (κ3) is 6.47. The zero-order valence-corrected chi connectivity index (χ0v) is 21.4. The summed E-state index contributed by atoms with van der Waals surface area (Å²) in [6, 6.07) is 19.1. The van der Waals surface area contributed by atoms with E-state index in [0.29, 0.717) is 0 Å². The van der Waals surface area contributed by atoms with Crippen LogP contribution < -0.4 is 10.5 Å². The van der Waals surface area contributed by atoms with Crippen molar-refractivity contribution in [2.45, 2.75) is 86.2 Å². The number of ether oxygens (including phenoxy) is 2. The highest BCUT2D eigenvalue weighted by molar-refractivity contribution is 5.85. The van der Waals surface area contributed by atoms with Crippen molar-refractivity contribution < 1.29 is 9.47 Å². The van der Waals surface area contributed by atoms with E-state index in [0.717, 1.165) is 18.6 Å². The van der Waals surface area contributed by atoms with Gasteiger partial charge in [0.05, 0.1) is 0 Å². The number of benzene rings is 2. The van der Waals surface area contributed by atoms with Crippen molar-refractivity contribution in [1.29, 1.82) is 0 Å². The van der Waals surface area contributed by atoms with E-state index in [-0.39, 0.29) is 34.9 Å². The van der Waals surface area contributed by atoms with Gasteiger partial charge >= 0.3 is 0 Å². The van der Waals surface area contributed by atoms with E-state index < -0.39 is 6.29 Å². The van der Waals surface area contributed by atoms with Gasteiger partial charge in [-0.1, -0.05) is 90.1 Å². The molecule has 0 spiro atoms. The fraction of sp³-hybridized carbons (Fsp3) is 0.556. The van der Waals surface area contributed by atoms with E-state index in [4.69, 9.17) is 15.2 Å². The van der Waals surface area contributed by atoms with Crippen LogP contribution in [0.15, 0.2) is 54.6 Å². The predicted octanol–water partition coefficient (Wildman–Crippen LogP) is 7.12. The van der Waals surface area contributed by atoms with Crippen molar-refractivity contribution in [3.63, 3.8) is 0 Å². The Morgan fingerprint density at radius 1 is 0.839 bits per heavy atom. The highest BCUT2D eigenvalue weighted by atomic mass is 35.5. The van der Waals surface area contributed by atoms with Crippen LogP contribution in [0.1, 0.15) is 72.9 Å². The SMILES string of the molecule is CC(N)OC(C)Oc1ccccc1C(C)(C)C(C)(C)C(C)(C)CCc1ccccc1.Cl. The monoisotopic (exact) mass is 447 g/mol. The molecule has 174 valence electrons. The number of aryl methyl sites for hydroxylation is 1. The van der Waals surface area contributed by atoms with Gasteiger partial charge < -0.3 is 15.2 Å². The van der Waals surface area contributed by atoms with Crippen molar-refractivity contribution in [2.24, 2.45) is 16.6 Å². The van der Waals surface area contributed by atoms with Gasteiger partial charge in [-0.25, -0.2) is 0 Å². The molecule has 0 aliphatic carbocycles. The Hall–Kier alpha value is -1.55. The van der Waals surface area contributed by atoms with Crippen LogP contribution in [0.3, 0.4) is 0 Å². The van der Waals surface area contributed by atoms with Crippen LogP contribution in [-0.4, -0.2) is 12.5 Å². The Balaban J connectivity index is 0.00000480. The topological polar surface area (TPSA) is 44.5 Å². The predicted molar refractivity (Wildman–Crippen MR) is 134 cm³/mol. The number of nitrogens with two attached hydrogens (primary N) is 1. The molecule has 31 heavy (non-hydrogen) atoms. The van der Waals surface area contributed by atoms with Crippen molar-refractivity contribution in [1.82, 2.24) is 0 Å². The lowest BCUT2D eigenvalue weighted by Crippen LogP contribution is -2.47. The third-order valence-corrected chi connectivity index (χ3v) is 7.40. The van der Waals surface area contributed by atoms with Crippen molar-refractivity contribution in [3.05, 3.63) is 65.7 Å². The lowest BCUT2D eigenvalue weighted by atomic mass is 9.51. The van der Waals surface area contributed by atoms with Crippen LogP contribution in [0.25, 0.3) is 0 Å². The van der Waals surface area contributed by atoms with E-state index in [2.05, 4.69) is 84.0 Å². The molecule has 0 saturated carbocycles. The first-order chi connectivity index (χ1) is 13.9. The molecule has 0 amide bonds. The second kappa shape index (κ2) is 10.8. The summed E-state index contributed by atoms with van der Waals surface area (Å²) in [6.07, 6.45) is 1.41. The molecule has 0 aliphatic heterocycles. The van der Waals surface area contributed by atoms with Crippen LogP contribution in [0.4, 0.5) is 0 Å². The highest BCUT2D eigenvalue weighted by Crippen LogP contribution is 2.55. The average molecular weight is 448 g/mol. The molecule has 0 aliphatic rings. The molecule has 0 aromatic heterocycles. The summed E-state index contributed by atoms with van der Waals surface area (Å²) in [5.41, 5.74) is 8.34. The molecular formula is C27H42ClNO2. The van der Waals surface area contributed by atoms with Gasteiger partial charge in [-0.05, 0) is 54.6 Å². The van der Waals surface area contributed by atoms with E-state index in [9.17, 15) is 0 Å². The van der Waals surface area contributed by atoms with E-state index in [1.807, 2.05) is 26.0 Å². The average Bonchev–Trinajstić information content (AvgIpc) is 2.66. The first-order valence-corrected chi connectivity index (χ1v) is 11.1. The van der Waals surface area contributed by atoms with E-state index in [1.54, 1.807) is 0 Å². The summed E-state index contributed by atoms with van der Waals surface area (Å²) in [5.74, 6) is 0.864. The van der Waals surface area contributed by atoms with Crippen molar-refractivity contribution in [2.75, 3.05) is 0 Å².